The number of sulfonamides is 1. The maximum atomic E-state index is 11.0. The van der Waals surface area contributed by atoms with Gasteiger partial charge in [-0.3, -0.25) is 0 Å². The fraction of sp³-hybridized carbons (Fsp3) is 0.364. The number of rotatable bonds is 7. The maximum absolute atomic E-state index is 11.0. The normalized spacial score (nSPS) is 11.3. The van der Waals surface area contributed by atoms with Crippen LogP contribution in [0.3, 0.4) is 0 Å². The van der Waals surface area contributed by atoms with Crippen molar-refractivity contribution >= 4 is 33.3 Å². The zero-order chi connectivity index (χ0) is 14.5. The van der Waals surface area contributed by atoms with Gasteiger partial charge in [-0.05, 0) is 24.6 Å². The van der Waals surface area contributed by atoms with Gasteiger partial charge in [0.15, 0.2) is 0 Å². The van der Waals surface area contributed by atoms with E-state index >= 15 is 0 Å². The van der Waals surface area contributed by atoms with Crippen molar-refractivity contribution < 1.29 is 18.3 Å². The van der Waals surface area contributed by atoms with Crippen LogP contribution in [0.2, 0.25) is 5.02 Å². The highest BCUT2D eigenvalue weighted by molar-refractivity contribution is 7.88. The zero-order valence-corrected chi connectivity index (χ0v) is 11.9. The van der Waals surface area contributed by atoms with Gasteiger partial charge in [-0.2, -0.15) is 0 Å². The smallest absolute Gasteiger partial charge is 0.337 e. The fourth-order valence-corrected chi connectivity index (χ4v) is 2.10. The summed E-state index contributed by atoms with van der Waals surface area (Å²) >= 11 is 5.73. The topological polar surface area (TPSA) is 95.5 Å². The summed E-state index contributed by atoms with van der Waals surface area (Å²) in [7, 11) is -3.19. The molecule has 6 nitrogen and oxygen atoms in total. The number of nitrogens with one attached hydrogen (secondary N) is 2. The Kier molecular flexibility index (Phi) is 5.59. The minimum absolute atomic E-state index is 0.0866. The Morgan fingerprint density at radius 3 is 2.63 bits per heavy atom. The van der Waals surface area contributed by atoms with Crippen molar-refractivity contribution in [2.24, 2.45) is 0 Å². The average Bonchev–Trinajstić information content (AvgIpc) is 2.28. The third-order valence-corrected chi connectivity index (χ3v) is 3.21. The number of carbonyl (C=O) groups is 1. The number of aromatic carboxylic acids is 1. The Labute approximate surface area is 116 Å². The Morgan fingerprint density at radius 2 is 2.05 bits per heavy atom. The van der Waals surface area contributed by atoms with Gasteiger partial charge in [-0.25, -0.2) is 17.9 Å². The van der Waals surface area contributed by atoms with E-state index in [1.807, 2.05) is 0 Å². The highest BCUT2D eigenvalue weighted by Crippen LogP contribution is 2.20. The van der Waals surface area contributed by atoms with Crippen LogP contribution in [0.25, 0.3) is 0 Å². The second kappa shape index (κ2) is 6.74. The molecule has 3 N–H and O–H groups in total. The quantitative estimate of drug-likeness (QED) is 0.662. The van der Waals surface area contributed by atoms with Crippen LogP contribution in [0.15, 0.2) is 18.2 Å². The average molecular weight is 307 g/mol. The summed E-state index contributed by atoms with van der Waals surface area (Å²) in [6.07, 6.45) is 1.62. The first-order valence-electron chi connectivity index (χ1n) is 5.51. The molecule has 0 spiro atoms. The van der Waals surface area contributed by atoms with Gasteiger partial charge in [-0.1, -0.05) is 11.6 Å². The van der Waals surface area contributed by atoms with Crippen molar-refractivity contribution in [3.05, 3.63) is 28.8 Å². The summed E-state index contributed by atoms with van der Waals surface area (Å²) in [6, 6.07) is 4.53. The van der Waals surface area contributed by atoms with Gasteiger partial charge < -0.3 is 10.4 Å². The molecule has 0 unspecified atom stereocenters. The molecule has 106 valence electrons. The van der Waals surface area contributed by atoms with Crippen LogP contribution in [-0.4, -0.2) is 38.8 Å². The number of hydrogen-bond donors (Lipinski definition) is 3. The molecule has 1 rings (SSSR count). The molecule has 1 aromatic carbocycles. The molecule has 0 aliphatic rings. The van der Waals surface area contributed by atoms with Crippen LogP contribution >= 0.6 is 11.6 Å². The van der Waals surface area contributed by atoms with Gasteiger partial charge in [0.25, 0.3) is 0 Å². The van der Waals surface area contributed by atoms with Crippen LogP contribution in [0.5, 0.6) is 0 Å². The van der Waals surface area contributed by atoms with Crippen molar-refractivity contribution in [2.45, 2.75) is 6.42 Å². The lowest BCUT2D eigenvalue weighted by molar-refractivity contribution is 0.0698. The van der Waals surface area contributed by atoms with E-state index in [9.17, 15) is 13.2 Å². The van der Waals surface area contributed by atoms with E-state index in [4.69, 9.17) is 16.7 Å². The lowest BCUT2D eigenvalue weighted by atomic mass is 10.2. The second-order valence-electron chi connectivity index (χ2n) is 3.94. The van der Waals surface area contributed by atoms with Gasteiger partial charge in [0.2, 0.25) is 10.0 Å². The molecule has 0 aliphatic carbocycles. The molecular formula is C11H15ClN2O4S. The SMILES string of the molecule is CS(=O)(=O)NCCCNc1ccc(Cl)cc1C(=O)O. The molecule has 0 aromatic heterocycles. The largest absolute Gasteiger partial charge is 0.478 e. The highest BCUT2D eigenvalue weighted by atomic mass is 35.5. The summed E-state index contributed by atoms with van der Waals surface area (Å²) in [5.41, 5.74) is 0.542. The number of benzene rings is 1. The molecule has 0 amide bonds. The summed E-state index contributed by atoms with van der Waals surface area (Å²) in [6.45, 7) is 0.742. The molecule has 1 aromatic rings. The fourth-order valence-electron chi connectivity index (χ4n) is 1.42. The molecular weight excluding hydrogens is 292 g/mol. The Hall–Kier alpha value is -1.31. The van der Waals surface area contributed by atoms with Crippen LogP contribution in [0.1, 0.15) is 16.8 Å². The van der Waals surface area contributed by atoms with Gasteiger partial charge >= 0.3 is 5.97 Å². The number of halogens is 1. The van der Waals surface area contributed by atoms with E-state index in [0.29, 0.717) is 30.2 Å². The first-order chi connectivity index (χ1) is 8.79. The van der Waals surface area contributed by atoms with Crippen molar-refractivity contribution in [3.8, 4) is 0 Å². The Morgan fingerprint density at radius 1 is 1.37 bits per heavy atom. The molecule has 0 heterocycles. The number of hydrogen-bond acceptors (Lipinski definition) is 4. The van der Waals surface area contributed by atoms with E-state index in [1.54, 1.807) is 12.1 Å². The standard InChI is InChI=1S/C11H15ClN2O4S/c1-19(17,18)14-6-2-5-13-10-4-3-8(12)7-9(10)11(15)16/h3-4,7,13-14H,2,5-6H2,1H3,(H,15,16). The van der Waals surface area contributed by atoms with E-state index < -0.39 is 16.0 Å². The van der Waals surface area contributed by atoms with E-state index in [2.05, 4.69) is 10.0 Å². The van der Waals surface area contributed by atoms with Gasteiger partial charge in [0.05, 0.1) is 11.8 Å². The van der Waals surface area contributed by atoms with Crippen molar-refractivity contribution in [1.29, 1.82) is 0 Å². The molecule has 0 aliphatic heterocycles. The summed E-state index contributed by atoms with van der Waals surface area (Å²) in [4.78, 5) is 11.0. The molecule has 0 saturated heterocycles. The molecule has 0 radical (unpaired) electrons. The van der Waals surface area contributed by atoms with Crippen LogP contribution in [-0.2, 0) is 10.0 Å². The van der Waals surface area contributed by atoms with Crippen LogP contribution in [0.4, 0.5) is 5.69 Å². The Balaban J connectivity index is 2.52. The predicted octanol–water partition coefficient (Wildman–Crippen LogP) is 1.39. The zero-order valence-electron chi connectivity index (χ0n) is 10.3. The number of anilines is 1. The predicted molar refractivity (Wildman–Crippen MR) is 74.4 cm³/mol. The molecule has 0 saturated carbocycles. The van der Waals surface area contributed by atoms with E-state index in [1.165, 1.54) is 6.07 Å². The summed E-state index contributed by atoms with van der Waals surface area (Å²) in [5, 5.41) is 12.3. The van der Waals surface area contributed by atoms with Crippen molar-refractivity contribution in [3.63, 3.8) is 0 Å². The first-order valence-corrected chi connectivity index (χ1v) is 7.78. The van der Waals surface area contributed by atoms with Gasteiger partial charge in [0, 0.05) is 23.8 Å². The molecule has 0 fully saturated rings. The second-order valence-corrected chi connectivity index (χ2v) is 6.21. The highest BCUT2D eigenvalue weighted by Gasteiger charge is 2.10. The summed E-state index contributed by atoms with van der Waals surface area (Å²) in [5.74, 6) is -1.07. The molecule has 0 atom stereocenters. The van der Waals surface area contributed by atoms with Crippen LogP contribution < -0.4 is 10.0 Å². The van der Waals surface area contributed by atoms with Gasteiger partial charge in [0.1, 0.15) is 0 Å². The minimum Gasteiger partial charge on any atom is -0.478 e. The summed E-state index contributed by atoms with van der Waals surface area (Å²) < 4.78 is 24.0. The lowest BCUT2D eigenvalue weighted by Crippen LogP contribution is -2.24. The monoisotopic (exact) mass is 306 g/mol. The first kappa shape index (κ1) is 15.7. The number of carboxylic acids is 1. The molecule has 0 bridgehead atoms. The third-order valence-electron chi connectivity index (χ3n) is 2.25. The molecule has 19 heavy (non-hydrogen) atoms. The van der Waals surface area contributed by atoms with Crippen molar-refractivity contribution in [1.82, 2.24) is 4.72 Å². The van der Waals surface area contributed by atoms with Crippen molar-refractivity contribution in [2.75, 3.05) is 24.7 Å². The number of carboxylic acid groups (broad SMARTS) is 1. The molecule has 8 heteroatoms. The van der Waals surface area contributed by atoms with Crippen LogP contribution in [0, 0.1) is 0 Å². The minimum atomic E-state index is -3.19. The van der Waals surface area contributed by atoms with E-state index in [-0.39, 0.29) is 5.56 Å². The van der Waals surface area contributed by atoms with Gasteiger partial charge in [-0.15, -0.1) is 0 Å². The van der Waals surface area contributed by atoms with E-state index in [0.717, 1.165) is 6.26 Å². The third kappa shape index (κ3) is 5.91. The lowest BCUT2D eigenvalue weighted by Gasteiger charge is -2.10. The Bertz CT molecular complexity index is 560. The maximum Gasteiger partial charge on any atom is 0.337 e.